The number of hydrogen-bond acceptors (Lipinski definition) is 5. The summed E-state index contributed by atoms with van der Waals surface area (Å²) in [4.78, 5) is 16.3. The Kier molecular flexibility index (Phi) is 4.07. The highest BCUT2D eigenvalue weighted by Gasteiger charge is 2.13. The number of carbonyl (C=O) groups is 1. The van der Waals surface area contributed by atoms with E-state index in [0.717, 1.165) is 10.6 Å². The van der Waals surface area contributed by atoms with Gasteiger partial charge in [0, 0.05) is 0 Å². The van der Waals surface area contributed by atoms with E-state index in [4.69, 9.17) is 10.5 Å². The van der Waals surface area contributed by atoms with Crippen LogP contribution < -0.4 is 5.73 Å². The van der Waals surface area contributed by atoms with Crippen LogP contribution >= 0.6 is 11.3 Å². The van der Waals surface area contributed by atoms with Gasteiger partial charge >= 0.3 is 5.97 Å². The molecule has 1 unspecified atom stereocenters. The molecular weight excluding hydrogens is 248 g/mol. The van der Waals surface area contributed by atoms with E-state index in [1.54, 1.807) is 0 Å². The Morgan fingerprint density at radius 1 is 1.44 bits per heavy atom. The summed E-state index contributed by atoms with van der Waals surface area (Å²) < 4.78 is 5.20. The Hall–Kier alpha value is -1.72. The Morgan fingerprint density at radius 2 is 2.17 bits per heavy atom. The van der Waals surface area contributed by atoms with Crippen molar-refractivity contribution in [1.29, 1.82) is 0 Å². The molecule has 2 aromatic rings. The standard InChI is InChI=1S/C13H14N2O2S/c1-9(14)12-15-7-11(18-12)13(16)17-8-10-5-3-2-4-6-10/h2-7,9H,8,14H2,1H3. The first-order valence-electron chi connectivity index (χ1n) is 5.59. The maximum Gasteiger partial charge on any atom is 0.350 e. The van der Waals surface area contributed by atoms with E-state index in [9.17, 15) is 4.79 Å². The van der Waals surface area contributed by atoms with Gasteiger partial charge in [-0.3, -0.25) is 0 Å². The van der Waals surface area contributed by atoms with Crippen molar-refractivity contribution in [2.45, 2.75) is 19.6 Å². The molecule has 0 radical (unpaired) electrons. The maximum atomic E-state index is 11.8. The van der Waals surface area contributed by atoms with Crippen LogP contribution in [0.5, 0.6) is 0 Å². The molecule has 18 heavy (non-hydrogen) atoms. The van der Waals surface area contributed by atoms with Crippen LogP contribution in [0.15, 0.2) is 36.5 Å². The molecule has 0 amide bonds. The van der Waals surface area contributed by atoms with Crippen LogP contribution in [-0.4, -0.2) is 11.0 Å². The van der Waals surface area contributed by atoms with Crippen molar-refractivity contribution in [3.63, 3.8) is 0 Å². The number of benzene rings is 1. The monoisotopic (exact) mass is 262 g/mol. The Balaban J connectivity index is 1.95. The number of esters is 1. The highest BCUT2D eigenvalue weighted by atomic mass is 32.1. The van der Waals surface area contributed by atoms with Crippen molar-refractivity contribution in [2.75, 3.05) is 0 Å². The Labute approximate surface area is 109 Å². The van der Waals surface area contributed by atoms with Gasteiger partial charge in [0.25, 0.3) is 0 Å². The molecule has 0 aliphatic rings. The van der Waals surface area contributed by atoms with E-state index < -0.39 is 0 Å². The molecule has 1 heterocycles. The van der Waals surface area contributed by atoms with Crippen LogP contribution in [0.3, 0.4) is 0 Å². The van der Waals surface area contributed by atoms with Crippen molar-refractivity contribution in [2.24, 2.45) is 5.73 Å². The predicted molar refractivity (Wildman–Crippen MR) is 70.3 cm³/mol. The number of nitrogens with two attached hydrogens (primary N) is 1. The minimum atomic E-state index is -0.358. The van der Waals surface area contributed by atoms with E-state index in [2.05, 4.69) is 4.98 Å². The first-order valence-corrected chi connectivity index (χ1v) is 6.41. The number of rotatable bonds is 4. The number of nitrogens with zero attached hydrogens (tertiary/aromatic N) is 1. The van der Waals surface area contributed by atoms with Gasteiger partial charge in [-0.2, -0.15) is 0 Å². The van der Waals surface area contributed by atoms with Gasteiger partial charge in [-0.25, -0.2) is 9.78 Å². The van der Waals surface area contributed by atoms with Gasteiger partial charge in [0.1, 0.15) is 16.5 Å². The molecular formula is C13H14N2O2S. The first-order chi connectivity index (χ1) is 8.66. The summed E-state index contributed by atoms with van der Waals surface area (Å²) >= 11 is 1.27. The van der Waals surface area contributed by atoms with Gasteiger partial charge < -0.3 is 10.5 Å². The molecule has 0 saturated heterocycles. The van der Waals surface area contributed by atoms with Crippen LogP contribution in [0, 0.1) is 0 Å². The molecule has 0 bridgehead atoms. The smallest absolute Gasteiger partial charge is 0.350 e. The van der Waals surface area contributed by atoms with Crippen molar-refractivity contribution in [1.82, 2.24) is 4.98 Å². The Morgan fingerprint density at radius 3 is 2.78 bits per heavy atom. The second kappa shape index (κ2) is 5.75. The predicted octanol–water partition coefficient (Wildman–Crippen LogP) is 2.52. The summed E-state index contributed by atoms with van der Waals surface area (Å²) in [5, 5.41) is 0.738. The number of ether oxygens (including phenoxy) is 1. The zero-order valence-corrected chi connectivity index (χ0v) is 10.8. The van der Waals surface area contributed by atoms with E-state index in [1.165, 1.54) is 17.5 Å². The molecule has 1 aromatic heterocycles. The van der Waals surface area contributed by atoms with Gasteiger partial charge in [-0.1, -0.05) is 30.3 Å². The topological polar surface area (TPSA) is 65.2 Å². The lowest BCUT2D eigenvalue weighted by molar-refractivity contribution is 0.0478. The lowest BCUT2D eigenvalue weighted by Gasteiger charge is -2.02. The average Bonchev–Trinajstić information content (AvgIpc) is 2.87. The summed E-state index contributed by atoms with van der Waals surface area (Å²) in [6.07, 6.45) is 1.51. The highest BCUT2D eigenvalue weighted by molar-refractivity contribution is 7.13. The highest BCUT2D eigenvalue weighted by Crippen LogP contribution is 2.19. The van der Waals surface area contributed by atoms with Crippen molar-refractivity contribution in [3.05, 3.63) is 52.0 Å². The summed E-state index contributed by atoms with van der Waals surface area (Å²) in [7, 11) is 0. The van der Waals surface area contributed by atoms with E-state index in [0.29, 0.717) is 4.88 Å². The normalized spacial score (nSPS) is 12.1. The molecule has 1 atom stereocenters. The largest absolute Gasteiger partial charge is 0.457 e. The second-order valence-corrected chi connectivity index (χ2v) is 4.98. The third-order valence-corrected chi connectivity index (χ3v) is 3.51. The summed E-state index contributed by atoms with van der Waals surface area (Å²) in [5.41, 5.74) is 6.65. The summed E-state index contributed by atoms with van der Waals surface area (Å²) in [6, 6.07) is 9.39. The molecule has 94 valence electrons. The minimum absolute atomic E-state index is 0.161. The van der Waals surface area contributed by atoms with Crippen LogP contribution in [0.25, 0.3) is 0 Å². The van der Waals surface area contributed by atoms with E-state index in [1.807, 2.05) is 37.3 Å². The molecule has 1 aromatic carbocycles. The lowest BCUT2D eigenvalue weighted by atomic mass is 10.2. The molecule has 0 aliphatic carbocycles. The molecule has 0 fully saturated rings. The minimum Gasteiger partial charge on any atom is -0.457 e. The fourth-order valence-electron chi connectivity index (χ4n) is 1.39. The van der Waals surface area contributed by atoms with Gasteiger partial charge in [0.05, 0.1) is 12.2 Å². The first kappa shape index (κ1) is 12.7. The van der Waals surface area contributed by atoms with Gasteiger partial charge in [-0.15, -0.1) is 11.3 Å². The van der Waals surface area contributed by atoms with Crippen molar-refractivity contribution in [3.8, 4) is 0 Å². The number of hydrogen-bond donors (Lipinski definition) is 1. The van der Waals surface area contributed by atoms with Crippen molar-refractivity contribution < 1.29 is 9.53 Å². The molecule has 0 aliphatic heterocycles. The fraction of sp³-hybridized carbons (Fsp3) is 0.231. The zero-order valence-electron chi connectivity index (χ0n) is 10.00. The maximum absolute atomic E-state index is 11.8. The number of aromatic nitrogens is 1. The second-order valence-electron chi connectivity index (χ2n) is 3.91. The van der Waals surface area contributed by atoms with Crippen LogP contribution in [0.4, 0.5) is 0 Å². The molecule has 2 rings (SSSR count). The third kappa shape index (κ3) is 3.15. The van der Waals surface area contributed by atoms with Crippen LogP contribution in [0.2, 0.25) is 0 Å². The number of thiazole rings is 1. The van der Waals surface area contributed by atoms with Gasteiger partial charge in [-0.05, 0) is 12.5 Å². The zero-order chi connectivity index (χ0) is 13.0. The van der Waals surface area contributed by atoms with Gasteiger partial charge in [0.2, 0.25) is 0 Å². The van der Waals surface area contributed by atoms with Crippen LogP contribution in [-0.2, 0) is 11.3 Å². The fourth-order valence-corrected chi connectivity index (χ4v) is 2.15. The Bertz CT molecular complexity index is 523. The summed E-state index contributed by atoms with van der Waals surface area (Å²) in [5.74, 6) is -0.358. The molecule has 4 nitrogen and oxygen atoms in total. The van der Waals surface area contributed by atoms with Crippen LogP contribution in [0.1, 0.15) is 33.2 Å². The summed E-state index contributed by atoms with van der Waals surface area (Å²) in [6.45, 7) is 2.10. The molecule has 0 saturated carbocycles. The average molecular weight is 262 g/mol. The number of carbonyl (C=O) groups excluding carboxylic acids is 1. The molecule has 2 N–H and O–H groups in total. The lowest BCUT2D eigenvalue weighted by Crippen LogP contribution is -2.04. The molecule has 0 spiro atoms. The van der Waals surface area contributed by atoms with E-state index in [-0.39, 0.29) is 18.6 Å². The van der Waals surface area contributed by atoms with Gasteiger partial charge in [0.15, 0.2) is 0 Å². The van der Waals surface area contributed by atoms with E-state index >= 15 is 0 Å². The van der Waals surface area contributed by atoms with Crippen molar-refractivity contribution >= 4 is 17.3 Å². The third-order valence-electron chi connectivity index (χ3n) is 2.33. The quantitative estimate of drug-likeness (QED) is 0.860. The molecule has 5 heteroatoms. The SMILES string of the molecule is CC(N)c1ncc(C(=O)OCc2ccccc2)s1.